The summed E-state index contributed by atoms with van der Waals surface area (Å²) in [5.41, 5.74) is 7.61. The molecule has 0 radical (unpaired) electrons. The molecule has 136 valence electrons. The van der Waals surface area contributed by atoms with E-state index >= 15 is 0 Å². The zero-order valence-corrected chi connectivity index (χ0v) is 14.7. The molecule has 3 aromatic heterocycles. The van der Waals surface area contributed by atoms with Crippen molar-refractivity contribution >= 4 is 22.7 Å². The molecule has 0 saturated carbocycles. The molecular weight excluding hydrogens is 354 g/mol. The predicted octanol–water partition coefficient (Wildman–Crippen LogP) is 2.77. The van der Waals surface area contributed by atoms with Gasteiger partial charge in [-0.15, -0.1) is 0 Å². The van der Waals surface area contributed by atoms with Gasteiger partial charge in [-0.1, -0.05) is 24.3 Å². The Hall–Kier alpha value is -4.13. The molecule has 2 amide bonds. The van der Waals surface area contributed by atoms with Crippen LogP contribution in [0.4, 0.5) is 0 Å². The Kier molecular flexibility index (Phi) is 4.71. The minimum atomic E-state index is -0.498. The zero-order chi connectivity index (χ0) is 19.3. The van der Waals surface area contributed by atoms with Crippen molar-refractivity contribution in [2.45, 2.75) is 0 Å². The zero-order valence-electron chi connectivity index (χ0n) is 14.7. The minimum absolute atomic E-state index is 0.208. The largest absolute Gasteiger partial charge is 0.288 e. The number of aromatic nitrogens is 3. The van der Waals surface area contributed by atoms with Crippen molar-refractivity contribution in [3.63, 3.8) is 0 Å². The molecule has 0 aliphatic rings. The molecule has 7 heteroatoms. The Morgan fingerprint density at radius 2 is 1.54 bits per heavy atom. The monoisotopic (exact) mass is 369 g/mol. The van der Waals surface area contributed by atoms with Crippen molar-refractivity contribution in [2.75, 3.05) is 0 Å². The summed E-state index contributed by atoms with van der Waals surface area (Å²) in [4.78, 5) is 37.5. The molecular formula is C21H15N5O2. The minimum Gasteiger partial charge on any atom is -0.267 e. The lowest BCUT2D eigenvalue weighted by Crippen LogP contribution is -2.42. The molecule has 0 spiro atoms. The van der Waals surface area contributed by atoms with Crippen LogP contribution in [0, 0.1) is 0 Å². The second-order valence-corrected chi connectivity index (χ2v) is 5.93. The van der Waals surface area contributed by atoms with E-state index in [1.54, 1.807) is 36.7 Å². The van der Waals surface area contributed by atoms with Crippen LogP contribution in [0.5, 0.6) is 0 Å². The van der Waals surface area contributed by atoms with Crippen LogP contribution in [0.15, 0.2) is 79.3 Å². The first-order valence-corrected chi connectivity index (χ1v) is 8.54. The molecule has 0 bridgehead atoms. The summed E-state index contributed by atoms with van der Waals surface area (Å²) >= 11 is 0. The van der Waals surface area contributed by atoms with Gasteiger partial charge in [-0.2, -0.15) is 0 Å². The van der Waals surface area contributed by atoms with Gasteiger partial charge in [-0.05, 0) is 36.4 Å². The third kappa shape index (κ3) is 3.54. The Balaban J connectivity index is 1.65. The summed E-state index contributed by atoms with van der Waals surface area (Å²) in [6.07, 6.45) is 4.84. The third-order valence-corrected chi connectivity index (χ3v) is 4.12. The molecule has 7 nitrogen and oxygen atoms in total. The predicted molar refractivity (Wildman–Crippen MR) is 104 cm³/mol. The van der Waals surface area contributed by atoms with Crippen LogP contribution in [0.1, 0.15) is 20.8 Å². The summed E-state index contributed by atoms with van der Waals surface area (Å²) in [5.74, 6) is -0.945. The fraction of sp³-hybridized carbons (Fsp3) is 0. The third-order valence-electron chi connectivity index (χ3n) is 4.12. The summed E-state index contributed by atoms with van der Waals surface area (Å²) in [7, 11) is 0. The standard InChI is InChI=1S/C21H15N5O2/c27-20(25-26-21(28)18-7-3-4-10-23-18)16-13-19(14-8-11-22-12-9-14)24-17-6-2-1-5-15(16)17/h1-13H,(H,25,27)(H,26,28). The van der Waals surface area contributed by atoms with E-state index in [0.717, 1.165) is 5.56 Å². The van der Waals surface area contributed by atoms with Crippen LogP contribution in [0.25, 0.3) is 22.2 Å². The summed E-state index contributed by atoms with van der Waals surface area (Å²) in [6, 6.07) is 17.6. The van der Waals surface area contributed by atoms with Crippen molar-refractivity contribution in [2.24, 2.45) is 0 Å². The smallest absolute Gasteiger partial charge is 0.267 e. The van der Waals surface area contributed by atoms with E-state index in [9.17, 15) is 9.59 Å². The lowest BCUT2D eigenvalue weighted by atomic mass is 10.0. The van der Waals surface area contributed by atoms with Crippen molar-refractivity contribution in [3.05, 3.63) is 90.5 Å². The fourth-order valence-corrected chi connectivity index (χ4v) is 2.78. The van der Waals surface area contributed by atoms with E-state index in [2.05, 4.69) is 25.8 Å². The number of hydrogen-bond donors (Lipinski definition) is 2. The quantitative estimate of drug-likeness (QED) is 0.541. The SMILES string of the molecule is O=C(NNC(=O)c1cc(-c2ccncc2)nc2ccccc12)c1ccccn1. The van der Waals surface area contributed by atoms with Crippen LogP contribution in [-0.2, 0) is 0 Å². The number of para-hydroxylation sites is 1. The average molecular weight is 369 g/mol. The van der Waals surface area contributed by atoms with Gasteiger partial charge in [0.2, 0.25) is 0 Å². The number of rotatable bonds is 3. The lowest BCUT2D eigenvalue weighted by molar-refractivity contribution is 0.0845. The van der Waals surface area contributed by atoms with Crippen LogP contribution < -0.4 is 10.9 Å². The van der Waals surface area contributed by atoms with E-state index in [0.29, 0.717) is 22.2 Å². The van der Waals surface area contributed by atoms with Gasteiger partial charge in [-0.25, -0.2) is 4.98 Å². The van der Waals surface area contributed by atoms with E-state index in [1.165, 1.54) is 6.20 Å². The highest BCUT2D eigenvalue weighted by Gasteiger charge is 2.15. The van der Waals surface area contributed by atoms with Crippen molar-refractivity contribution in [1.82, 2.24) is 25.8 Å². The number of fused-ring (bicyclic) bond motifs is 1. The average Bonchev–Trinajstić information content (AvgIpc) is 2.77. The fourth-order valence-electron chi connectivity index (χ4n) is 2.78. The number of amides is 2. The maximum absolute atomic E-state index is 12.8. The van der Waals surface area contributed by atoms with Gasteiger partial charge < -0.3 is 0 Å². The molecule has 0 aliphatic heterocycles. The van der Waals surface area contributed by atoms with Crippen molar-refractivity contribution in [3.8, 4) is 11.3 Å². The van der Waals surface area contributed by atoms with Gasteiger partial charge >= 0.3 is 0 Å². The van der Waals surface area contributed by atoms with Crippen LogP contribution in [0.2, 0.25) is 0 Å². The van der Waals surface area contributed by atoms with Crippen LogP contribution >= 0.6 is 0 Å². The molecule has 0 aliphatic carbocycles. The summed E-state index contributed by atoms with van der Waals surface area (Å²) < 4.78 is 0. The molecule has 2 N–H and O–H groups in total. The molecule has 0 saturated heterocycles. The summed E-state index contributed by atoms with van der Waals surface area (Å²) in [6.45, 7) is 0. The van der Waals surface area contributed by atoms with Crippen molar-refractivity contribution < 1.29 is 9.59 Å². The molecule has 4 rings (SSSR count). The molecule has 0 fully saturated rings. The second kappa shape index (κ2) is 7.63. The number of pyridine rings is 3. The second-order valence-electron chi connectivity index (χ2n) is 5.93. The first kappa shape index (κ1) is 17.3. The van der Waals surface area contributed by atoms with E-state index in [-0.39, 0.29) is 5.69 Å². The molecule has 4 aromatic rings. The number of benzene rings is 1. The Morgan fingerprint density at radius 1 is 0.786 bits per heavy atom. The molecule has 1 aromatic carbocycles. The summed E-state index contributed by atoms with van der Waals surface area (Å²) in [5, 5.41) is 0.685. The van der Waals surface area contributed by atoms with Gasteiger partial charge in [-0.3, -0.25) is 30.4 Å². The van der Waals surface area contributed by atoms with E-state index < -0.39 is 11.8 Å². The first-order valence-electron chi connectivity index (χ1n) is 8.54. The van der Waals surface area contributed by atoms with Crippen LogP contribution in [0.3, 0.4) is 0 Å². The van der Waals surface area contributed by atoms with E-state index in [4.69, 9.17) is 0 Å². The first-order chi connectivity index (χ1) is 13.7. The van der Waals surface area contributed by atoms with Crippen molar-refractivity contribution in [1.29, 1.82) is 0 Å². The number of carbonyl (C=O) groups is 2. The van der Waals surface area contributed by atoms with Gasteiger partial charge in [0.1, 0.15) is 5.69 Å². The number of hydrogen-bond acceptors (Lipinski definition) is 5. The normalized spacial score (nSPS) is 10.4. The number of nitrogens with one attached hydrogen (secondary N) is 2. The molecule has 0 atom stereocenters. The maximum Gasteiger partial charge on any atom is 0.288 e. The molecule has 28 heavy (non-hydrogen) atoms. The molecule has 3 heterocycles. The topological polar surface area (TPSA) is 96.9 Å². The highest BCUT2D eigenvalue weighted by Crippen LogP contribution is 2.24. The number of hydrazine groups is 1. The Bertz CT molecular complexity index is 1150. The molecule has 0 unspecified atom stereocenters. The highest BCUT2D eigenvalue weighted by molar-refractivity contribution is 6.08. The Labute approximate surface area is 160 Å². The van der Waals surface area contributed by atoms with E-state index in [1.807, 2.05) is 36.4 Å². The Morgan fingerprint density at radius 3 is 2.32 bits per heavy atom. The van der Waals surface area contributed by atoms with Gasteiger partial charge in [0, 0.05) is 29.5 Å². The van der Waals surface area contributed by atoms with Gasteiger partial charge in [0.25, 0.3) is 11.8 Å². The van der Waals surface area contributed by atoms with Crippen LogP contribution in [-0.4, -0.2) is 26.8 Å². The number of carbonyl (C=O) groups excluding carboxylic acids is 2. The lowest BCUT2D eigenvalue weighted by Gasteiger charge is -2.11. The van der Waals surface area contributed by atoms with Gasteiger partial charge in [0.05, 0.1) is 16.8 Å². The number of nitrogens with zero attached hydrogens (tertiary/aromatic N) is 3. The van der Waals surface area contributed by atoms with Gasteiger partial charge in [0.15, 0.2) is 0 Å². The maximum atomic E-state index is 12.8. The highest BCUT2D eigenvalue weighted by atomic mass is 16.2.